The van der Waals surface area contributed by atoms with E-state index in [1.165, 1.54) is 0 Å². The lowest BCUT2D eigenvalue weighted by Crippen LogP contribution is -2.56. The first-order chi connectivity index (χ1) is 20.8. The Labute approximate surface area is 547 Å². The van der Waals surface area contributed by atoms with E-state index in [0.29, 0.717) is 0 Å². The SMILES string of the molecule is I.I.I.I.I.I.I.I.I.I.I.I.[O-]B([O-])[O-].[O-]B([O-])[O-].[O-]B([O-])[O-].[O-]B([O-])[O-].[O-]B([O-])[O-].[O-]B([O-])[O-].[O-]B([O-])[O-].[O-]B([O-])[O-].[O-]B([O-])[O-].[O-]B([O-])[O-].[O-]B([O-])[O-].[O-]B([O-])[O-]. The smallest absolute Gasteiger partial charge is 0.107 e. The van der Waals surface area contributed by atoms with E-state index in [1.54, 1.807) is 0 Å². The van der Waals surface area contributed by atoms with Crippen molar-refractivity contribution in [3.63, 3.8) is 0 Å². The highest BCUT2D eigenvalue weighted by Crippen LogP contribution is 1.04. The van der Waals surface area contributed by atoms with Crippen LogP contribution in [-0.2, 0) is 0 Å². The molecule has 0 rings (SSSR count). The van der Waals surface area contributed by atoms with Crippen molar-refractivity contribution in [2.75, 3.05) is 0 Å². The summed E-state index contributed by atoms with van der Waals surface area (Å²) >= 11 is 0. The fourth-order valence-electron chi connectivity index (χ4n) is 0. The molecule has 0 N–H and O–H groups in total. The summed E-state index contributed by atoms with van der Waals surface area (Å²) in [5, 5.41) is 303. The second-order valence-electron chi connectivity index (χ2n) is 3.46. The zero-order chi connectivity index (χ0) is 42.9. The van der Waals surface area contributed by atoms with Gasteiger partial charge in [-0.05, 0) is 0 Å². The molecular weight excluding hydrogens is 2230 g/mol. The van der Waals surface area contributed by atoms with Gasteiger partial charge in [0.15, 0.2) is 0 Å². The van der Waals surface area contributed by atoms with Gasteiger partial charge in [-0.3, -0.25) is 87.9 Å². The summed E-state index contributed by atoms with van der Waals surface area (Å²) in [7, 11) is -35.0. The molecule has 0 spiro atoms. The fraction of sp³-hybridized carbons (Fsp3) is 0. The molecule has 384 valence electrons. The minimum Gasteiger partial charge on any atom is -0.907 e. The van der Waals surface area contributed by atoms with Gasteiger partial charge >= 0.3 is 0 Å². The highest BCUT2D eigenvalue weighted by molar-refractivity contribution is 14.0. The van der Waals surface area contributed by atoms with Crippen LogP contribution < -0.4 is 181 Å². The van der Waals surface area contributed by atoms with Crippen molar-refractivity contribution >= 4 is 376 Å². The van der Waals surface area contributed by atoms with Gasteiger partial charge in [0, 0.05) is 0 Å². The molecule has 0 saturated heterocycles. The number of rotatable bonds is 0. The molecule has 0 aromatic carbocycles. The van der Waals surface area contributed by atoms with E-state index in [2.05, 4.69) is 0 Å². The topological polar surface area (TPSA) is 830 Å². The van der Waals surface area contributed by atoms with Crippen molar-refractivity contribution in [2.45, 2.75) is 0 Å². The Kier molecular flexibility index (Phi) is 396. The lowest BCUT2D eigenvalue weighted by molar-refractivity contribution is -0.481. The summed E-state index contributed by atoms with van der Waals surface area (Å²) in [6.07, 6.45) is 0. The molecule has 0 aromatic rings. The van der Waals surface area contributed by atoms with Gasteiger partial charge in [-0.15, -0.1) is 288 Å². The number of hydrogen-bond acceptors (Lipinski definition) is 36. The third kappa shape index (κ3) is 4270. The molecule has 0 fully saturated rings. The van der Waals surface area contributed by atoms with E-state index in [0.717, 1.165) is 0 Å². The molecule has 0 radical (unpaired) electrons. The van der Waals surface area contributed by atoms with Gasteiger partial charge in [0.05, 0.1) is 0 Å². The van der Waals surface area contributed by atoms with Crippen LogP contribution in [0.1, 0.15) is 0 Å². The molecule has 0 unspecified atom stereocenters. The van der Waals surface area contributed by atoms with E-state index in [1.807, 2.05) is 0 Å². The summed E-state index contributed by atoms with van der Waals surface area (Å²) in [6.45, 7) is 0. The van der Waals surface area contributed by atoms with Gasteiger partial charge in [-0.25, -0.2) is 0 Å². The normalized spacial score (nSPS) is 5.40. The first-order valence-electron chi connectivity index (χ1n) is 8.49. The van der Waals surface area contributed by atoms with Crippen molar-refractivity contribution in [1.29, 1.82) is 0 Å². The van der Waals surface area contributed by atoms with Crippen LogP contribution in [0.15, 0.2) is 0 Å². The Morgan fingerprint density at radius 3 is 0.0833 bits per heavy atom. The van der Waals surface area contributed by atoms with Crippen LogP contribution >= 0.6 is 288 Å². The summed E-state index contributed by atoms with van der Waals surface area (Å²) in [4.78, 5) is 0. The van der Waals surface area contributed by atoms with Crippen LogP contribution in [0.25, 0.3) is 0 Å². The minimum atomic E-state index is -2.92. The molecule has 0 aromatic heterocycles. The predicted molar refractivity (Wildman–Crippen MR) is 254 cm³/mol. The molecule has 0 aliphatic heterocycles. The second-order valence-corrected chi connectivity index (χ2v) is 3.46. The maximum absolute atomic E-state index is 8.42. The molecule has 60 heavy (non-hydrogen) atoms. The molecule has 60 heteroatoms. The Morgan fingerprint density at radius 2 is 0.0833 bits per heavy atom. The molecule has 0 aliphatic rings. The first-order valence-corrected chi connectivity index (χ1v) is 8.49. The van der Waals surface area contributed by atoms with E-state index < -0.39 is 87.9 Å². The number of halogens is 12. The average Bonchev–Trinajstić information content (AvgIpc) is 2.61. The predicted octanol–water partition coefficient (Wildman–Crippen LogP) is -40.0. The molecule has 0 atom stereocenters. The van der Waals surface area contributed by atoms with E-state index in [9.17, 15) is 0 Å². The third-order valence-electron chi connectivity index (χ3n) is 0. The maximum atomic E-state index is 8.42. The van der Waals surface area contributed by atoms with Crippen LogP contribution in [0.4, 0.5) is 0 Å². The zero-order valence-electron chi connectivity index (χ0n) is 26.5. The Balaban J connectivity index is -0.0000000105. The highest BCUT2D eigenvalue weighted by atomic mass is 127. The molecule has 0 heterocycles. The van der Waals surface area contributed by atoms with Gasteiger partial charge < -0.3 is 181 Å². The largest absolute Gasteiger partial charge is 0.907 e. The molecule has 0 aliphatic carbocycles. The van der Waals surface area contributed by atoms with Crippen LogP contribution in [0.2, 0.25) is 0 Å². The highest BCUT2D eigenvalue weighted by Gasteiger charge is 1.21. The van der Waals surface area contributed by atoms with E-state index in [4.69, 9.17) is 181 Å². The van der Waals surface area contributed by atoms with E-state index >= 15 is 0 Å². The summed E-state index contributed by atoms with van der Waals surface area (Å²) in [5.74, 6) is 0. The molecule has 0 bridgehead atoms. The van der Waals surface area contributed by atoms with Gasteiger partial charge in [0.1, 0.15) is 0 Å². The van der Waals surface area contributed by atoms with Crippen molar-refractivity contribution in [3.05, 3.63) is 0 Å². The van der Waals surface area contributed by atoms with E-state index in [-0.39, 0.29) is 288 Å². The molecule has 0 amide bonds. The van der Waals surface area contributed by atoms with Crippen molar-refractivity contribution in [1.82, 2.24) is 0 Å². The monoisotopic (exact) mass is 2240 g/mol. The van der Waals surface area contributed by atoms with Crippen LogP contribution in [-0.4, -0.2) is 87.9 Å². The summed E-state index contributed by atoms with van der Waals surface area (Å²) in [6, 6.07) is 0. The molecular formula is H12B12I12O36-36. The van der Waals surface area contributed by atoms with Crippen LogP contribution in [0.3, 0.4) is 0 Å². The van der Waals surface area contributed by atoms with Gasteiger partial charge in [-0.1, -0.05) is 0 Å². The summed E-state index contributed by atoms with van der Waals surface area (Å²) < 4.78 is 0. The maximum Gasteiger partial charge on any atom is -0.107 e. The Hall–Kier alpha value is 8.10. The van der Waals surface area contributed by atoms with Crippen molar-refractivity contribution in [2.24, 2.45) is 0 Å². The lowest BCUT2D eigenvalue weighted by atomic mass is 10.3. The zero-order valence-corrected chi connectivity index (χ0v) is 54.5. The molecule has 36 nitrogen and oxygen atoms in total. The van der Waals surface area contributed by atoms with Crippen molar-refractivity contribution in [3.8, 4) is 0 Å². The fourth-order valence-corrected chi connectivity index (χ4v) is 0. The Bertz CT molecular complexity index is 268. The standard InChI is InChI=1S/12BO3.12HI/c12*2-1(3)4;;;;;;;;;;;;/h;;;;;;;;;;;;12*1H/q12*-3;;;;;;;;;;;;. The molecule has 0 saturated carbocycles. The van der Waals surface area contributed by atoms with Crippen LogP contribution in [0, 0.1) is 0 Å². The minimum absolute atomic E-state index is 0. The quantitative estimate of drug-likeness (QED) is 0.160. The lowest BCUT2D eigenvalue weighted by Gasteiger charge is -2.35. The number of hydrogen-bond donors (Lipinski definition) is 0. The van der Waals surface area contributed by atoms with Gasteiger partial charge in [0.25, 0.3) is 0 Å². The third-order valence-corrected chi connectivity index (χ3v) is 0. The average molecular weight is 2240 g/mol. The van der Waals surface area contributed by atoms with Crippen LogP contribution in [0.5, 0.6) is 0 Å². The van der Waals surface area contributed by atoms with Gasteiger partial charge in [0.2, 0.25) is 0 Å². The summed E-state index contributed by atoms with van der Waals surface area (Å²) in [5.41, 5.74) is 0. The van der Waals surface area contributed by atoms with Crippen molar-refractivity contribution < 1.29 is 181 Å². The first kappa shape index (κ1) is 158. The van der Waals surface area contributed by atoms with Gasteiger partial charge in [-0.2, -0.15) is 0 Å². The second kappa shape index (κ2) is 151. The Morgan fingerprint density at radius 1 is 0.0833 bits per heavy atom.